The number of hydrogen-bond donors (Lipinski definition) is 2. The van der Waals surface area contributed by atoms with E-state index in [2.05, 4.69) is 17.4 Å². The zero-order valence-corrected chi connectivity index (χ0v) is 16.9. The maximum Gasteiger partial charge on any atom is 0.359 e. The number of carbonyl (C=O) groups excluding carboxylic acids is 1. The average molecular weight is 408 g/mol. The maximum atomic E-state index is 13.3. The average Bonchev–Trinajstić information content (AvgIpc) is 3.12. The molecule has 0 saturated heterocycles. The van der Waals surface area contributed by atoms with Crippen molar-refractivity contribution in [3.05, 3.63) is 108 Å². The molecule has 4 aromatic rings. The Morgan fingerprint density at radius 3 is 2.26 bits per heavy atom. The van der Waals surface area contributed by atoms with Crippen molar-refractivity contribution in [2.24, 2.45) is 0 Å². The van der Waals surface area contributed by atoms with Gasteiger partial charge < -0.3 is 5.11 Å². The van der Waals surface area contributed by atoms with Gasteiger partial charge in [0.2, 0.25) is 0 Å². The van der Waals surface area contributed by atoms with E-state index in [1.807, 2.05) is 66.9 Å². The number of phenols is 1. The van der Waals surface area contributed by atoms with E-state index in [0.29, 0.717) is 12.8 Å². The second kappa shape index (κ2) is 8.03. The minimum absolute atomic E-state index is 0.00281. The molecule has 5 nitrogen and oxygen atoms in total. The van der Waals surface area contributed by atoms with E-state index in [0.717, 1.165) is 33.9 Å². The summed E-state index contributed by atoms with van der Waals surface area (Å²) in [5.41, 5.74) is 4.71. The summed E-state index contributed by atoms with van der Waals surface area (Å²) < 4.78 is 1.71. The van der Waals surface area contributed by atoms with Crippen molar-refractivity contribution < 1.29 is 14.5 Å². The molecule has 31 heavy (non-hydrogen) atoms. The molecular weight excluding hydrogens is 386 g/mol. The Balaban J connectivity index is 1.53. The maximum absolute atomic E-state index is 13.3. The topological polar surface area (TPSA) is 66.1 Å². The van der Waals surface area contributed by atoms with E-state index >= 15 is 0 Å². The van der Waals surface area contributed by atoms with Crippen molar-refractivity contribution >= 4 is 11.7 Å². The van der Waals surface area contributed by atoms with Crippen LogP contribution in [-0.2, 0) is 12.8 Å². The van der Waals surface area contributed by atoms with Gasteiger partial charge in [0.25, 0.3) is 0 Å². The van der Waals surface area contributed by atoms with Gasteiger partial charge in [-0.2, -0.15) is 4.57 Å². The van der Waals surface area contributed by atoms with E-state index in [4.69, 9.17) is 4.98 Å². The normalized spacial score (nSPS) is 14.8. The highest BCUT2D eigenvalue weighted by Crippen LogP contribution is 2.25. The SMILES string of the molecule is O=C1C(Cc2ccc(O)cc2)Nc2c(Cc3ccccc3)nc(-c3ccccc3)c[n+]21. The van der Waals surface area contributed by atoms with Gasteiger partial charge >= 0.3 is 11.7 Å². The summed E-state index contributed by atoms with van der Waals surface area (Å²) in [5.74, 6) is 0.961. The number of hydrogen-bond acceptors (Lipinski definition) is 4. The third-order valence-corrected chi connectivity index (χ3v) is 5.53. The van der Waals surface area contributed by atoms with Crippen LogP contribution in [0.25, 0.3) is 11.3 Å². The number of anilines is 1. The van der Waals surface area contributed by atoms with Gasteiger partial charge in [-0.3, -0.25) is 5.32 Å². The van der Waals surface area contributed by atoms with Crippen LogP contribution in [0.15, 0.2) is 91.1 Å². The number of nitrogens with one attached hydrogen (secondary N) is 1. The molecule has 2 N–H and O–H groups in total. The molecule has 1 aliphatic rings. The van der Waals surface area contributed by atoms with Crippen LogP contribution in [0.1, 0.15) is 21.6 Å². The fourth-order valence-corrected chi connectivity index (χ4v) is 3.94. The van der Waals surface area contributed by atoms with Crippen LogP contribution in [0.4, 0.5) is 5.82 Å². The first-order valence-corrected chi connectivity index (χ1v) is 10.3. The minimum Gasteiger partial charge on any atom is -0.508 e. The van der Waals surface area contributed by atoms with Gasteiger partial charge in [-0.05, 0) is 23.3 Å². The molecule has 0 amide bonds. The van der Waals surface area contributed by atoms with Crippen molar-refractivity contribution in [1.29, 1.82) is 0 Å². The minimum atomic E-state index is -0.383. The molecule has 1 aliphatic heterocycles. The highest BCUT2D eigenvalue weighted by Gasteiger charge is 2.41. The number of aromatic nitrogens is 2. The van der Waals surface area contributed by atoms with Gasteiger partial charge in [0.05, 0.1) is 0 Å². The van der Waals surface area contributed by atoms with Gasteiger partial charge in [0, 0.05) is 18.4 Å². The number of carbonyl (C=O) groups is 1. The molecule has 2 heterocycles. The molecule has 152 valence electrons. The fraction of sp³-hybridized carbons (Fsp3) is 0.115. The summed E-state index contributed by atoms with van der Waals surface area (Å²) in [7, 11) is 0. The van der Waals surface area contributed by atoms with Gasteiger partial charge in [-0.15, -0.1) is 0 Å². The van der Waals surface area contributed by atoms with Gasteiger partial charge in [-0.25, -0.2) is 9.78 Å². The molecule has 0 aliphatic carbocycles. The molecule has 0 radical (unpaired) electrons. The number of benzene rings is 3. The summed E-state index contributed by atoms with van der Waals surface area (Å²) in [6.07, 6.45) is 2.99. The zero-order chi connectivity index (χ0) is 21.2. The Labute approximate surface area is 180 Å². The summed E-state index contributed by atoms with van der Waals surface area (Å²) in [4.78, 5) is 18.2. The molecule has 1 unspecified atom stereocenters. The molecule has 0 fully saturated rings. The summed E-state index contributed by atoms with van der Waals surface area (Å²) >= 11 is 0. The number of fused-ring (bicyclic) bond motifs is 1. The third-order valence-electron chi connectivity index (χ3n) is 5.53. The highest BCUT2D eigenvalue weighted by molar-refractivity contribution is 5.82. The largest absolute Gasteiger partial charge is 0.508 e. The Morgan fingerprint density at radius 2 is 1.55 bits per heavy atom. The first kappa shape index (κ1) is 19.0. The molecule has 0 saturated carbocycles. The molecule has 5 heteroatoms. The van der Waals surface area contributed by atoms with Crippen LogP contribution in [0.3, 0.4) is 0 Å². The molecule has 1 atom stereocenters. The lowest BCUT2D eigenvalue weighted by atomic mass is 10.1. The monoisotopic (exact) mass is 408 g/mol. The number of rotatable bonds is 5. The highest BCUT2D eigenvalue weighted by atomic mass is 16.3. The quantitative estimate of drug-likeness (QED) is 0.490. The summed E-state index contributed by atoms with van der Waals surface area (Å²) in [6, 6.07) is 26.7. The van der Waals surface area contributed by atoms with Crippen molar-refractivity contribution in [3.63, 3.8) is 0 Å². The Bertz CT molecular complexity index is 1220. The smallest absolute Gasteiger partial charge is 0.359 e. The molecule has 5 rings (SSSR count). The van der Waals surface area contributed by atoms with Crippen LogP contribution in [0.2, 0.25) is 0 Å². The lowest BCUT2D eigenvalue weighted by Crippen LogP contribution is -2.44. The Hall–Kier alpha value is -3.99. The fourth-order valence-electron chi connectivity index (χ4n) is 3.94. The van der Waals surface area contributed by atoms with Gasteiger partial charge in [-0.1, -0.05) is 72.8 Å². The van der Waals surface area contributed by atoms with Crippen molar-refractivity contribution in [1.82, 2.24) is 4.98 Å². The van der Waals surface area contributed by atoms with Crippen molar-refractivity contribution in [2.45, 2.75) is 18.9 Å². The summed E-state index contributed by atoms with van der Waals surface area (Å²) in [5, 5.41) is 12.9. The van der Waals surface area contributed by atoms with Gasteiger partial charge in [0.15, 0.2) is 6.04 Å². The molecule has 0 spiro atoms. The predicted molar refractivity (Wildman–Crippen MR) is 119 cm³/mol. The Morgan fingerprint density at radius 1 is 0.871 bits per heavy atom. The first-order chi connectivity index (χ1) is 15.2. The second-order valence-corrected chi connectivity index (χ2v) is 7.73. The van der Waals surface area contributed by atoms with Gasteiger partial charge in [0.1, 0.15) is 23.3 Å². The number of aromatic hydroxyl groups is 1. The molecule has 0 bridgehead atoms. The zero-order valence-electron chi connectivity index (χ0n) is 16.9. The van der Waals surface area contributed by atoms with E-state index in [1.54, 1.807) is 16.7 Å². The third kappa shape index (κ3) is 3.90. The van der Waals surface area contributed by atoms with E-state index < -0.39 is 0 Å². The standard InChI is InChI=1S/C26H21N3O2/c30-21-13-11-19(12-14-21)16-23-26(31)29-17-24(20-9-5-2-6-10-20)27-22(25(29)28-23)15-18-7-3-1-4-8-18/h1-14,17,23,30H,15-16H2/p+1. The predicted octanol–water partition coefficient (Wildman–Crippen LogP) is 4.01. The van der Waals surface area contributed by atoms with E-state index in [9.17, 15) is 9.90 Å². The van der Waals surface area contributed by atoms with E-state index in [1.165, 1.54) is 0 Å². The van der Waals surface area contributed by atoms with Crippen LogP contribution >= 0.6 is 0 Å². The van der Waals surface area contributed by atoms with Crippen LogP contribution in [0.5, 0.6) is 5.75 Å². The molecular formula is C26H22N3O2+. The van der Waals surface area contributed by atoms with E-state index in [-0.39, 0.29) is 17.7 Å². The number of nitrogens with zero attached hydrogens (tertiary/aromatic N) is 2. The van der Waals surface area contributed by atoms with Crippen molar-refractivity contribution in [2.75, 3.05) is 5.32 Å². The van der Waals surface area contributed by atoms with Crippen LogP contribution < -0.4 is 9.88 Å². The Kier molecular flexibility index (Phi) is 4.92. The van der Waals surface area contributed by atoms with Crippen molar-refractivity contribution in [3.8, 4) is 17.0 Å². The molecule has 3 aromatic carbocycles. The number of phenolic OH excluding ortho intramolecular Hbond substituents is 1. The van der Waals surface area contributed by atoms with Crippen LogP contribution in [-0.4, -0.2) is 22.0 Å². The first-order valence-electron chi connectivity index (χ1n) is 10.3. The lowest BCUT2D eigenvalue weighted by Gasteiger charge is -2.07. The second-order valence-electron chi connectivity index (χ2n) is 7.73. The summed E-state index contributed by atoms with van der Waals surface area (Å²) in [6.45, 7) is 0. The lowest BCUT2D eigenvalue weighted by molar-refractivity contribution is -0.552. The molecule has 1 aromatic heterocycles. The van der Waals surface area contributed by atoms with Crippen LogP contribution in [0, 0.1) is 0 Å².